The summed E-state index contributed by atoms with van der Waals surface area (Å²) < 4.78 is 37.7. The van der Waals surface area contributed by atoms with E-state index < -0.39 is 11.7 Å². The van der Waals surface area contributed by atoms with Gasteiger partial charge in [0.15, 0.2) is 0 Å². The normalized spacial score (nSPS) is 12.3. The van der Waals surface area contributed by atoms with Crippen LogP contribution in [0.3, 0.4) is 0 Å². The Morgan fingerprint density at radius 3 is 2.26 bits per heavy atom. The van der Waals surface area contributed by atoms with Gasteiger partial charge in [-0.1, -0.05) is 11.6 Å². The summed E-state index contributed by atoms with van der Waals surface area (Å²) in [6, 6.07) is 10.5. The van der Waals surface area contributed by atoms with Crippen LogP contribution in [0.25, 0.3) is 0 Å². The molecule has 0 amide bonds. The maximum absolute atomic E-state index is 12.6. The number of halogens is 3. The van der Waals surface area contributed by atoms with E-state index in [1.54, 1.807) is 7.05 Å². The zero-order valence-corrected chi connectivity index (χ0v) is 13.1. The second-order valence-electron chi connectivity index (χ2n) is 5.34. The highest BCUT2D eigenvalue weighted by Gasteiger charge is 2.30. The number of hydrogen-bond acceptors (Lipinski definition) is 3. The van der Waals surface area contributed by atoms with Crippen LogP contribution in [-0.4, -0.2) is 12.8 Å². The number of hydrazone groups is 1. The maximum atomic E-state index is 12.6. The Hall–Kier alpha value is -2.50. The molecular formula is C17H18F3N3. The quantitative estimate of drug-likeness (QED) is 0.515. The second kappa shape index (κ2) is 6.32. The minimum Gasteiger partial charge on any atom is -0.398 e. The number of nitrogens with zero attached hydrogens (tertiary/aromatic N) is 2. The van der Waals surface area contributed by atoms with Gasteiger partial charge in [-0.05, 0) is 50.2 Å². The SMILES string of the molecule is C/C(=N\N(C)c1ccc(C(F)(F)F)cc1)c1cc(C)ccc1N. The first-order valence-corrected chi connectivity index (χ1v) is 7.01. The van der Waals surface area contributed by atoms with Gasteiger partial charge >= 0.3 is 6.18 Å². The summed E-state index contributed by atoms with van der Waals surface area (Å²) in [5.74, 6) is 0. The van der Waals surface area contributed by atoms with E-state index in [-0.39, 0.29) is 0 Å². The molecule has 2 N–H and O–H groups in total. The Labute approximate surface area is 133 Å². The predicted octanol–water partition coefficient (Wildman–Crippen LogP) is 4.46. The number of anilines is 2. The Morgan fingerprint density at radius 2 is 1.70 bits per heavy atom. The monoisotopic (exact) mass is 321 g/mol. The first kappa shape index (κ1) is 16.9. The van der Waals surface area contributed by atoms with Crippen molar-refractivity contribution >= 4 is 17.1 Å². The van der Waals surface area contributed by atoms with E-state index in [1.165, 1.54) is 17.1 Å². The lowest BCUT2D eigenvalue weighted by molar-refractivity contribution is -0.137. The Bertz CT molecular complexity index is 719. The minimum atomic E-state index is -4.34. The number of nitrogens with two attached hydrogens (primary N) is 1. The molecule has 6 heteroatoms. The van der Waals surface area contributed by atoms with Crippen molar-refractivity contribution in [2.75, 3.05) is 17.8 Å². The zero-order valence-electron chi connectivity index (χ0n) is 13.1. The number of rotatable bonds is 3. The first-order chi connectivity index (χ1) is 10.7. The highest BCUT2D eigenvalue weighted by Crippen LogP contribution is 2.30. The first-order valence-electron chi connectivity index (χ1n) is 7.01. The molecule has 0 aliphatic rings. The number of alkyl halides is 3. The van der Waals surface area contributed by atoms with Gasteiger partial charge in [0.1, 0.15) is 0 Å². The van der Waals surface area contributed by atoms with Gasteiger partial charge in [0.2, 0.25) is 0 Å². The summed E-state index contributed by atoms with van der Waals surface area (Å²) in [6.45, 7) is 3.77. The molecule has 0 spiro atoms. The van der Waals surface area contributed by atoms with Crippen LogP contribution in [0.5, 0.6) is 0 Å². The van der Waals surface area contributed by atoms with E-state index in [1.807, 2.05) is 32.0 Å². The summed E-state index contributed by atoms with van der Waals surface area (Å²) in [4.78, 5) is 0. The van der Waals surface area contributed by atoms with Gasteiger partial charge in [0.25, 0.3) is 0 Å². The fourth-order valence-electron chi connectivity index (χ4n) is 2.19. The molecule has 2 aromatic carbocycles. The van der Waals surface area contributed by atoms with E-state index in [0.29, 0.717) is 17.1 Å². The summed E-state index contributed by atoms with van der Waals surface area (Å²) >= 11 is 0. The molecule has 23 heavy (non-hydrogen) atoms. The van der Waals surface area contributed by atoms with E-state index in [4.69, 9.17) is 5.73 Å². The third-order valence-corrected chi connectivity index (χ3v) is 3.47. The van der Waals surface area contributed by atoms with Gasteiger partial charge in [-0.15, -0.1) is 0 Å². The molecular weight excluding hydrogens is 303 g/mol. The fraction of sp³-hybridized carbons (Fsp3) is 0.235. The predicted molar refractivity (Wildman–Crippen MR) is 87.6 cm³/mol. The molecule has 0 saturated heterocycles. The molecule has 0 heterocycles. The van der Waals surface area contributed by atoms with Crippen LogP contribution < -0.4 is 10.7 Å². The van der Waals surface area contributed by atoms with Crippen molar-refractivity contribution in [1.29, 1.82) is 0 Å². The highest BCUT2D eigenvalue weighted by atomic mass is 19.4. The molecule has 0 unspecified atom stereocenters. The summed E-state index contributed by atoms with van der Waals surface area (Å²) in [5, 5.41) is 5.93. The summed E-state index contributed by atoms with van der Waals surface area (Å²) in [7, 11) is 1.68. The number of nitrogen functional groups attached to an aromatic ring is 1. The second-order valence-corrected chi connectivity index (χ2v) is 5.34. The molecule has 0 fully saturated rings. The molecule has 2 rings (SSSR count). The van der Waals surface area contributed by atoms with Crippen molar-refractivity contribution in [2.24, 2.45) is 5.10 Å². The summed E-state index contributed by atoms with van der Waals surface area (Å²) in [6.07, 6.45) is -4.34. The summed E-state index contributed by atoms with van der Waals surface area (Å²) in [5.41, 5.74) is 8.99. The van der Waals surface area contributed by atoms with Gasteiger partial charge < -0.3 is 5.73 Å². The Balaban J connectivity index is 2.26. The molecule has 0 aliphatic carbocycles. The largest absolute Gasteiger partial charge is 0.416 e. The van der Waals surface area contributed by atoms with Crippen molar-refractivity contribution in [3.05, 3.63) is 59.2 Å². The van der Waals surface area contributed by atoms with Crippen molar-refractivity contribution < 1.29 is 13.2 Å². The Kier molecular flexibility index (Phi) is 4.63. The van der Waals surface area contributed by atoms with E-state index >= 15 is 0 Å². The van der Waals surface area contributed by atoms with E-state index in [9.17, 15) is 13.2 Å². The van der Waals surface area contributed by atoms with Crippen LogP contribution in [0, 0.1) is 6.92 Å². The fourth-order valence-corrected chi connectivity index (χ4v) is 2.19. The third kappa shape index (κ3) is 4.03. The number of benzene rings is 2. The van der Waals surface area contributed by atoms with Crippen molar-refractivity contribution in [1.82, 2.24) is 0 Å². The van der Waals surface area contributed by atoms with Gasteiger partial charge in [0, 0.05) is 18.3 Å². The van der Waals surface area contributed by atoms with E-state index in [2.05, 4.69) is 5.10 Å². The lowest BCUT2D eigenvalue weighted by Gasteiger charge is -2.16. The molecule has 0 saturated carbocycles. The molecule has 122 valence electrons. The van der Waals surface area contributed by atoms with Crippen LogP contribution >= 0.6 is 0 Å². The Morgan fingerprint density at radius 1 is 1.09 bits per heavy atom. The average molecular weight is 321 g/mol. The van der Waals surface area contributed by atoms with Crippen LogP contribution in [0.1, 0.15) is 23.6 Å². The van der Waals surface area contributed by atoms with Gasteiger partial charge in [-0.25, -0.2) is 0 Å². The van der Waals surface area contributed by atoms with Crippen LogP contribution in [-0.2, 0) is 6.18 Å². The van der Waals surface area contributed by atoms with Crippen LogP contribution in [0.15, 0.2) is 47.6 Å². The number of hydrogen-bond donors (Lipinski definition) is 1. The lowest BCUT2D eigenvalue weighted by Crippen LogP contribution is -2.14. The van der Waals surface area contributed by atoms with E-state index in [0.717, 1.165) is 23.3 Å². The highest BCUT2D eigenvalue weighted by molar-refractivity contribution is 6.03. The molecule has 0 aliphatic heterocycles. The van der Waals surface area contributed by atoms with Crippen molar-refractivity contribution in [3.63, 3.8) is 0 Å². The smallest absolute Gasteiger partial charge is 0.398 e. The molecule has 0 aromatic heterocycles. The lowest BCUT2D eigenvalue weighted by atomic mass is 10.1. The van der Waals surface area contributed by atoms with Crippen LogP contribution in [0.4, 0.5) is 24.5 Å². The standard InChI is InChI=1S/C17H18F3N3/c1-11-4-9-16(21)15(10-11)12(2)22-23(3)14-7-5-13(6-8-14)17(18,19)20/h4-10H,21H2,1-3H3/b22-12+. The minimum absolute atomic E-state index is 0.559. The molecule has 0 radical (unpaired) electrons. The number of aryl methyl sites for hydroxylation is 1. The zero-order chi connectivity index (χ0) is 17.2. The van der Waals surface area contributed by atoms with Gasteiger partial charge in [0.05, 0.1) is 17.0 Å². The topological polar surface area (TPSA) is 41.6 Å². The molecule has 3 nitrogen and oxygen atoms in total. The maximum Gasteiger partial charge on any atom is 0.416 e. The molecule has 0 atom stereocenters. The van der Waals surface area contributed by atoms with Crippen molar-refractivity contribution in [3.8, 4) is 0 Å². The van der Waals surface area contributed by atoms with Gasteiger partial charge in [-0.2, -0.15) is 18.3 Å². The average Bonchev–Trinajstić information content (AvgIpc) is 2.48. The van der Waals surface area contributed by atoms with Crippen LogP contribution in [0.2, 0.25) is 0 Å². The molecule has 0 bridgehead atoms. The molecule has 2 aromatic rings. The van der Waals surface area contributed by atoms with Gasteiger partial charge in [-0.3, -0.25) is 5.01 Å². The van der Waals surface area contributed by atoms with Crippen molar-refractivity contribution in [2.45, 2.75) is 20.0 Å². The third-order valence-electron chi connectivity index (χ3n) is 3.47.